The lowest BCUT2D eigenvalue weighted by atomic mass is 10.1. The number of aromatic nitrogens is 2. The van der Waals surface area contributed by atoms with E-state index in [4.69, 9.17) is 4.74 Å². The first-order chi connectivity index (χ1) is 11.5. The van der Waals surface area contributed by atoms with Crippen molar-refractivity contribution in [1.82, 2.24) is 9.55 Å². The number of aliphatic hydroxyl groups is 1. The first-order valence-corrected chi connectivity index (χ1v) is 8.30. The van der Waals surface area contributed by atoms with Crippen LogP contribution in [0.4, 0.5) is 0 Å². The third kappa shape index (κ3) is 3.29. The van der Waals surface area contributed by atoms with Crippen molar-refractivity contribution in [1.29, 1.82) is 0 Å². The van der Waals surface area contributed by atoms with Crippen LogP contribution in [0.3, 0.4) is 0 Å². The number of hydrogen-bond donors (Lipinski definition) is 1. The fraction of sp³-hybridized carbons (Fsp3) is 0.350. The molecule has 1 heterocycles. The van der Waals surface area contributed by atoms with E-state index in [1.807, 2.05) is 31.2 Å². The fourth-order valence-corrected chi connectivity index (χ4v) is 2.91. The van der Waals surface area contributed by atoms with Crippen LogP contribution in [0.25, 0.3) is 11.0 Å². The lowest BCUT2D eigenvalue weighted by Crippen LogP contribution is -2.13. The number of hydrogen-bond acceptors (Lipinski definition) is 3. The van der Waals surface area contributed by atoms with Crippen LogP contribution < -0.4 is 4.74 Å². The van der Waals surface area contributed by atoms with Crippen LogP contribution in [0.15, 0.2) is 36.4 Å². The van der Waals surface area contributed by atoms with Gasteiger partial charge in [-0.15, -0.1) is 0 Å². The average Bonchev–Trinajstić information content (AvgIpc) is 2.86. The molecule has 3 rings (SSSR count). The standard InChI is InChI=1S/C20H24N2O2/c1-13-6-5-7-17(10-13)24-9-8-22-19-12-15(3)14(2)11-18(19)21-20(22)16(4)23/h5-7,10-12,16,23H,8-9H2,1-4H3. The van der Waals surface area contributed by atoms with Crippen molar-refractivity contribution >= 4 is 11.0 Å². The summed E-state index contributed by atoms with van der Waals surface area (Å²) in [5, 5.41) is 10.1. The normalized spacial score (nSPS) is 12.5. The number of nitrogens with zero attached hydrogens (tertiary/aromatic N) is 2. The molecule has 3 aromatic rings. The highest BCUT2D eigenvalue weighted by Crippen LogP contribution is 2.24. The Morgan fingerprint density at radius 2 is 1.88 bits per heavy atom. The molecule has 2 aromatic carbocycles. The quantitative estimate of drug-likeness (QED) is 0.769. The van der Waals surface area contributed by atoms with Gasteiger partial charge in [0.1, 0.15) is 24.3 Å². The van der Waals surface area contributed by atoms with Gasteiger partial charge in [-0.05, 0) is 68.7 Å². The maximum absolute atomic E-state index is 10.1. The lowest BCUT2D eigenvalue weighted by Gasteiger charge is -2.13. The molecule has 0 radical (unpaired) electrons. The molecule has 4 heteroatoms. The zero-order valence-electron chi connectivity index (χ0n) is 14.7. The van der Waals surface area contributed by atoms with E-state index in [0.29, 0.717) is 19.0 Å². The molecule has 0 spiro atoms. The molecule has 126 valence electrons. The molecular formula is C20H24N2O2. The molecule has 0 fully saturated rings. The maximum atomic E-state index is 10.1. The molecule has 0 aliphatic rings. The Labute approximate surface area is 142 Å². The Balaban J connectivity index is 1.87. The summed E-state index contributed by atoms with van der Waals surface area (Å²) in [5.74, 6) is 1.55. The second-order valence-electron chi connectivity index (χ2n) is 6.39. The van der Waals surface area contributed by atoms with Gasteiger partial charge in [0.15, 0.2) is 0 Å². The van der Waals surface area contributed by atoms with Crippen LogP contribution in [-0.2, 0) is 6.54 Å². The maximum Gasteiger partial charge on any atom is 0.138 e. The highest BCUT2D eigenvalue weighted by molar-refractivity contribution is 5.78. The van der Waals surface area contributed by atoms with E-state index >= 15 is 0 Å². The van der Waals surface area contributed by atoms with E-state index < -0.39 is 6.10 Å². The minimum atomic E-state index is -0.614. The Morgan fingerprint density at radius 1 is 1.12 bits per heavy atom. The van der Waals surface area contributed by atoms with Gasteiger partial charge in [-0.2, -0.15) is 0 Å². The molecule has 0 saturated heterocycles. The van der Waals surface area contributed by atoms with Gasteiger partial charge in [0, 0.05) is 0 Å². The van der Waals surface area contributed by atoms with E-state index in [-0.39, 0.29) is 0 Å². The molecule has 0 amide bonds. The minimum Gasteiger partial charge on any atom is -0.492 e. The number of aryl methyl sites for hydroxylation is 3. The van der Waals surface area contributed by atoms with E-state index in [1.165, 1.54) is 16.7 Å². The van der Waals surface area contributed by atoms with Gasteiger partial charge < -0.3 is 14.4 Å². The van der Waals surface area contributed by atoms with Crippen LogP contribution in [-0.4, -0.2) is 21.3 Å². The Bertz CT molecular complexity index is 865. The molecule has 1 N–H and O–H groups in total. The fourth-order valence-electron chi connectivity index (χ4n) is 2.91. The Kier molecular flexibility index (Phi) is 4.58. The van der Waals surface area contributed by atoms with Crippen molar-refractivity contribution in [2.75, 3.05) is 6.61 Å². The zero-order chi connectivity index (χ0) is 17.3. The van der Waals surface area contributed by atoms with Crippen molar-refractivity contribution in [3.05, 3.63) is 58.9 Å². The number of rotatable bonds is 5. The first kappa shape index (κ1) is 16.5. The van der Waals surface area contributed by atoms with Crippen LogP contribution in [0.5, 0.6) is 5.75 Å². The van der Waals surface area contributed by atoms with Gasteiger partial charge in [0.2, 0.25) is 0 Å². The summed E-state index contributed by atoms with van der Waals surface area (Å²) in [6.07, 6.45) is -0.614. The molecule has 0 aliphatic carbocycles. The monoisotopic (exact) mass is 324 g/mol. The molecule has 24 heavy (non-hydrogen) atoms. The number of aliphatic hydroxyl groups excluding tert-OH is 1. The molecule has 0 bridgehead atoms. The molecular weight excluding hydrogens is 300 g/mol. The summed E-state index contributed by atoms with van der Waals surface area (Å²) >= 11 is 0. The third-order valence-corrected chi connectivity index (χ3v) is 4.34. The molecule has 0 aliphatic heterocycles. The van der Waals surface area contributed by atoms with E-state index in [1.54, 1.807) is 6.92 Å². The van der Waals surface area contributed by atoms with E-state index in [0.717, 1.165) is 16.8 Å². The van der Waals surface area contributed by atoms with Crippen LogP contribution in [0.2, 0.25) is 0 Å². The van der Waals surface area contributed by atoms with Crippen molar-refractivity contribution in [3.63, 3.8) is 0 Å². The van der Waals surface area contributed by atoms with Crippen molar-refractivity contribution in [2.45, 2.75) is 40.3 Å². The van der Waals surface area contributed by atoms with Gasteiger partial charge in [-0.1, -0.05) is 12.1 Å². The second kappa shape index (κ2) is 6.65. The minimum absolute atomic E-state index is 0.529. The van der Waals surface area contributed by atoms with Crippen LogP contribution >= 0.6 is 0 Å². The molecule has 4 nitrogen and oxygen atoms in total. The highest BCUT2D eigenvalue weighted by atomic mass is 16.5. The van der Waals surface area contributed by atoms with Crippen molar-refractivity contribution in [3.8, 4) is 5.75 Å². The van der Waals surface area contributed by atoms with Gasteiger partial charge >= 0.3 is 0 Å². The topological polar surface area (TPSA) is 47.3 Å². The predicted molar refractivity (Wildman–Crippen MR) is 96.5 cm³/mol. The van der Waals surface area contributed by atoms with Crippen molar-refractivity contribution < 1.29 is 9.84 Å². The van der Waals surface area contributed by atoms with Gasteiger partial charge in [0.25, 0.3) is 0 Å². The van der Waals surface area contributed by atoms with Crippen molar-refractivity contribution in [2.24, 2.45) is 0 Å². The van der Waals surface area contributed by atoms with Gasteiger partial charge in [-0.3, -0.25) is 0 Å². The van der Waals surface area contributed by atoms with E-state index in [9.17, 15) is 5.11 Å². The molecule has 1 aromatic heterocycles. The molecule has 1 atom stereocenters. The zero-order valence-corrected chi connectivity index (χ0v) is 14.7. The summed E-state index contributed by atoms with van der Waals surface area (Å²) < 4.78 is 7.93. The number of ether oxygens (including phenoxy) is 1. The lowest BCUT2D eigenvalue weighted by molar-refractivity contribution is 0.181. The molecule has 0 saturated carbocycles. The summed E-state index contributed by atoms with van der Waals surface area (Å²) in [4.78, 5) is 4.61. The SMILES string of the molecule is Cc1cccc(OCCn2c(C(C)O)nc3cc(C)c(C)cc32)c1. The van der Waals surface area contributed by atoms with Crippen LogP contribution in [0, 0.1) is 20.8 Å². The number of imidazole rings is 1. The predicted octanol–water partition coefficient (Wildman–Crippen LogP) is 4.09. The summed E-state index contributed by atoms with van der Waals surface area (Å²) in [6.45, 7) is 9.15. The summed E-state index contributed by atoms with van der Waals surface area (Å²) in [5.41, 5.74) is 5.57. The average molecular weight is 324 g/mol. The Morgan fingerprint density at radius 3 is 2.58 bits per heavy atom. The van der Waals surface area contributed by atoms with Crippen LogP contribution in [0.1, 0.15) is 35.5 Å². The molecule has 1 unspecified atom stereocenters. The largest absolute Gasteiger partial charge is 0.492 e. The summed E-state index contributed by atoms with van der Waals surface area (Å²) in [6, 6.07) is 12.2. The smallest absolute Gasteiger partial charge is 0.138 e. The Hall–Kier alpha value is -2.33. The van der Waals surface area contributed by atoms with E-state index in [2.05, 4.69) is 35.5 Å². The number of fused-ring (bicyclic) bond motifs is 1. The third-order valence-electron chi connectivity index (χ3n) is 4.34. The van der Waals surface area contributed by atoms with Gasteiger partial charge in [-0.25, -0.2) is 4.98 Å². The summed E-state index contributed by atoms with van der Waals surface area (Å²) in [7, 11) is 0. The van der Waals surface area contributed by atoms with Gasteiger partial charge in [0.05, 0.1) is 17.6 Å². The second-order valence-corrected chi connectivity index (χ2v) is 6.39. The first-order valence-electron chi connectivity index (χ1n) is 8.30. The highest BCUT2D eigenvalue weighted by Gasteiger charge is 2.15. The number of benzene rings is 2.